The van der Waals surface area contributed by atoms with Crippen LogP contribution in [0.3, 0.4) is 0 Å². The summed E-state index contributed by atoms with van der Waals surface area (Å²) in [5, 5.41) is 5.03. The Morgan fingerprint density at radius 3 is 2.86 bits per heavy atom. The normalized spacial score (nSPS) is 10.8. The molecule has 6 heteroatoms. The van der Waals surface area contributed by atoms with Crippen molar-refractivity contribution in [2.45, 2.75) is 6.61 Å². The lowest BCUT2D eigenvalue weighted by atomic mass is 10.2. The number of hydrogen-bond acceptors (Lipinski definition) is 5. The van der Waals surface area contributed by atoms with Gasteiger partial charge >= 0.3 is 0 Å². The molecule has 0 aliphatic heterocycles. The van der Waals surface area contributed by atoms with Crippen LogP contribution in [0, 0.1) is 0 Å². The minimum Gasteiger partial charge on any atom is -0.495 e. The first-order valence-electron chi connectivity index (χ1n) is 6.27. The van der Waals surface area contributed by atoms with Crippen molar-refractivity contribution in [1.29, 1.82) is 0 Å². The maximum absolute atomic E-state index is 6.07. The Bertz CT molecular complexity index is 786. The number of halogens is 1. The molecule has 21 heavy (non-hydrogen) atoms. The third kappa shape index (κ3) is 2.73. The van der Waals surface area contributed by atoms with Gasteiger partial charge in [-0.1, -0.05) is 22.8 Å². The summed E-state index contributed by atoms with van der Waals surface area (Å²) in [6.07, 6.45) is 0. The third-order valence-electron chi connectivity index (χ3n) is 3.09. The maximum atomic E-state index is 6.07. The molecule has 0 fully saturated rings. The molecule has 0 radical (unpaired) electrons. The van der Waals surface area contributed by atoms with Gasteiger partial charge < -0.3 is 19.7 Å². The van der Waals surface area contributed by atoms with Crippen molar-refractivity contribution in [2.75, 3.05) is 12.8 Å². The highest BCUT2D eigenvalue weighted by atomic mass is 35.5. The van der Waals surface area contributed by atoms with Gasteiger partial charge in [0.2, 0.25) is 0 Å². The maximum Gasteiger partial charge on any atom is 0.174 e. The first-order chi connectivity index (χ1) is 10.2. The van der Waals surface area contributed by atoms with Gasteiger partial charge in [0, 0.05) is 6.07 Å². The predicted octanol–water partition coefficient (Wildman–Crippen LogP) is 3.65. The summed E-state index contributed by atoms with van der Waals surface area (Å²) in [5.74, 6) is 1.68. The van der Waals surface area contributed by atoms with Gasteiger partial charge in [0.15, 0.2) is 11.4 Å². The minimum absolute atomic E-state index is 0.374. The highest BCUT2D eigenvalue weighted by Crippen LogP contribution is 2.27. The van der Waals surface area contributed by atoms with E-state index in [9.17, 15) is 0 Å². The van der Waals surface area contributed by atoms with Crippen molar-refractivity contribution in [3.63, 3.8) is 0 Å². The van der Waals surface area contributed by atoms with Crippen molar-refractivity contribution in [1.82, 2.24) is 5.16 Å². The number of methoxy groups -OCH3 is 1. The predicted molar refractivity (Wildman–Crippen MR) is 80.8 cm³/mol. The summed E-state index contributed by atoms with van der Waals surface area (Å²) >= 11 is 6.07. The van der Waals surface area contributed by atoms with Crippen molar-refractivity contribution in [3.8, 4) is 11.5 Å². The van der Waals surface area contributed by atoms with Crippen LogP contribution in [0.4, 0.5) is 5.82 Å². The van der Waals surface area contributed by atoms with E-state index in [1.165, 1.54) is 0 Å². The van der Waals surface area contributed by atoms with E-state index in [1.807, 2.05) is 24.3 Å². The molecule has 0 aliphatic rings. The van der Waals surface area contributed by atoms with E-state index in [0.29, 0.717) is 34.5 Å². The molecule has 5 nitrogen and oxygen atoms in total. The average Bonchev–Trinajstić information content (AvgIpc) is 2.86. The van der Waals surface area contributed by atoms with Crippen molar-refractivity contribution < 1.29 is 14.0 Å². The van der Waals surface area contributed by atoms with Crippen LogP contribution in [0.1, 0.15) is 5.56 Å². The number of nitrogens with zero attached hydrogens (tertiary/aromatic N) is 1. The fraction of sp³-hybridized carbons (Fsp3) is 0.133. The van der Waals surface area contributed by atoms with Gasteiger partial charge in [-0.15, -0.1) is 0 Å². The Hall–Kier alpha value is -2.40. The van der Waals surface area contributed by atoms with Crippen LogP contribution in [-0.2, 0) is 6.61 Å². The van der Waals surface area contributed by atoms with Crippen LogP contribution in [0.15, 0.2) is 40.9 Å². The van der Waals surface area contributed by atoms with Gasteiger partial charge in [-0.25, -0.2) is 0 Å². The molecule has 3 rings (SSSR count). The monoisotopic (exact) mass is 304 g/mol. The number of hydrogen-bond donors (Lipinski definition) is 1. The molecular formula is C15H13ClN2O3. The number of nitrogen functional groups attached to an aromatic ring is 1. The first-order valence-corrected chi connectivity index (χ1v) is 6.65. The van der Waals surface area contributed by atoms with E-state index < -0.39 is 0 Å². The highest BCUT2D eigenvalue weighted by Gasteiger charge is 2.07. The van der Waals surface area contributed by atoms with Crippen LogP contribution in [0.2, 0.25) is 5.02 Å². The quantitative estimate of drug-likeness (QED) is 0.796. The number of benzene rings is 2. The van der Waals surface area contributed by atoms with Gasteiger partial charge in [0.25, 0.3) is 0 Å². The molecule has 1 heterocycles. The van der Waals surface area contributed by atoms with Gasteiger partial charge in [0.1, 0.15) is 18.1 Å². The molecular weight excluding hydrogens is 292 g/mol. The third-order valence-corrected chi connectivity index (χ3v) is 3.39. The van der Waals surface area contributed by atoms with E-state index in [1.54, 1.807) is 19.2 Å². The van der Waals surface area contributed by atoms with Crippen LogP contribution in [0.5, 0.6) is 11.5 Å². The Morgan fingerprint density at radius 2 is 2.10 bits per heavy atom. The van der Waals surface area contributed by atoms with Crippen molar-refractivity contribution in [3.05, 3.63) is 47.0 Å². The summed E-state index contributed by atoms with van der Waals surface area (Å²) in [7, 11) is 1.58. The number of nitrogens with two attached hydrogens (primary N) is 1. The van der Waals surface area contributed by atoms with E-state index in [0.717, 1.165) is 10.9 Å². The number of ether oxygens (including phenoxy) is 2. The average molecular weight is 305 g/mol. The number of fused-ring (bicyclic) bond motifs is 1. The number of aromatic nitrogens is 1. The van der Waals surface area contributed by atoms with Gasteiger partial charge in [0.05, 0.1) is 17.5 Å². The highest BCUT2D eigenvalue weighted by molar-refractivity contribution is 6.32. The Morgan fingerprint density at radius 1 is 1.24 bits per heavy atom. The van der Waals surface area contributed by atoms with Crippen LogP contribution in [-0.4, -0.2) is 12.3 Å². The number of anilines is 1. The zero-order chi connectivity index (χ0) is 14.8. The van der Waals surface area contributed by atoms with Crippen molar-refractivity contribution >= 4 is 28.4 Å². The second-order valence-electron chi connectivity index (χ2n) is 4.48. The molecule has 0 amide bonds. The summed E-state index contributed by atoms with van der Waals surface area (Å²) < 4.78 is 15.9. The molecule has 0 bridgehead atoms. The first kappa shape index (κ1) is 13.6. The van der Waals surface area contributed by atoms with E-state index in [4.69, 9.17) is 31.3 Å². The number of rotatable bonds is 4. The van der Waals surface area contributed by atoms with Crippen LogP contribution >= 0.6 is 11.6 Å². The summed E-state index contributed by atoms with van der Waals surface area (Å²) in [6, 6.07) is 10.9. The molecule has 2 aromatic carbocycles. The Balaban J connectivity index is 1.75. The van der Waals surface area contributed by atoms with Gasteiger partial charge in [-0.3, -0.25) is 0 Å². The fourth-order valence-corrected chi connectivity index (χ4v) is 2.27. The Labute approximate surface area is 126 Å². The van der Waals surface area contributed by atoms with Crippen molar-refractivity contribution in [2.24, 2.45) is 0 Å². The molecule has 0 aliphatic carbocycles. The lowest BCUT2D eigenvalue weighted by Crippen LogP contribution is -1.96. The van der Waals surface area contributed by atoms with Gasteiger partial charge in [-0.2, -0.15) is 0 Å². The Kier molecular flexibility index (Phi) is 3.58. The molecule has 108 valence electrons. The molecule has 0 saturated carbocycles. The molecule has 0 unspecified atom stereocenters. The fourth-order valence-electron chi connectivity index (χ4n) is 1.99. The molecule has 0 spiro atoms. The largest absolute Gasteiger partial charge is 0.495 e. The summed E-state index contributed by atoms with van der Waals surface area (Å²) in [6.45, 7) is 0.388. The van der Waals surface area contributed by atoms with Gasteiger partial charge in [-0.05, 0) is 29.8 Å². The summed E-state index contributed by atoms with van der Waals surface area (Å²) in [4.78, 5) is 0. The molecule has 2 N–H and O–H groups in total. The second-order valence-corrected chi connectivity index (χ2v) is 4.89. The standard InChI is InChI=1S/C15H13ClN2O3/c1-19-13-5-2-9(6-12(13)16)8-20-10-3-4-11-14(7-10)21-18-15(11)17/h2-7H,8H2,1H3,(H2,17,18). The molecule has 3 aromatic rings. The minimum atomic E-state index is 0.374. The second kappa shape index (κ2) is 5.54. The van der Waals surface area contributed by atoms with Crippen LogP contribution in [0.25, 0.3) is 11.0 Å². The smallest absolute Gasteiger partial charge is 0.174 e. The SMILES string of the molecule is COc1ccc(COc2ccc3c(N)noc3c2)cc1Cl. The zero-order valence-corrected chi connectivity index (χ0v) is 12.1. The molecule has 1 aromatic heterocycles. The lowest BCUT2D eigenvalue weighted by Gasteiger charge is -2.08. The van der Waals surface area contributed by atoms with E-state index >= 15 is 0 Å². The molecule has 0 atom stereocenters. The zero-order valence-electron chi connectivity index (χ0n) is 11.3. The summed E-state index contributed by atoms with van der Waals surface area (Å²) in [5.41, 5.74) is 7.20. The van der Waals surface area contributed by atoms with E-state index in [2.05, 4.69) is 5.16 Å². The lowest BCUT2D eigenvalue weighted by molar-refractivity contribution is 0.305. The van der Waals surface area contributed by atoms with E-state index in [-0.39, 0.29) is 0 Å². The molecule has 0 saturated heterocycles. The topological polar surface area (TPSA) is 70.5 Å². The van der Waals surface area contributed by atoms with Crippen LogP contribution < -0.4 is 15.2 Å².